The minimum Gasteiger partial charge on any atom is -0.490 e. The molecule has 0 spiro atoms. The lowest BCUT2D eigenvalue weighted by Gasteiger charge is -2.18. The molecule has 0 bridgehead atoms. The van der Waals surface area contributed by atoms with Gasteiger partial charge in [0.2, 0.25) is 0 Å². The zero-order chi connectivity index (χ0) is 20.1. The monoisotopic (exact) mass is 397 g/mol. The first kappa shape index (κ1) is 20.0. The first-order valence-electron chi connectivity index (χ1n) is 9.18. The fraction of sp³-hybridized carbons (Fsp3) is 0.273. The molecule has 0 fully saturated rings. The van der Waals surface area contributed by atoms with E-state index in [1.165, 1.54) is 0 Å². The third kappa shape index (κ3) is 4.54. The van der Waals surface area contributed by atoms with E-state index in [4.69, 9.17) is 16.3 Å². The smallest absolute Gasteiger partial charge is 0.257 e. The van der Waals surface area contributed by atoms with Crippen LogP contribution in [0.15, 0.2) is 54.6 Å². The standard InChI is InChI=1S/C22H24ClN3O2/c1-16-21(17(2)26(24-16)15-18-9-5-4-6-10-18)22(27)25(3)13-14-28-20-12-8-7-11-19(20)23/h4-12H,13-15H2,1-3H3. The maximum absolute atomic E-state index is 13.0. The number of nitrogens with zero attached hydrogens (tertiary/aromatic N) is 3. The second-order valence-electron chi connectivity index (χ2n) is 6.69. The minimum atomic E-state index is -0.0583. The van der Waals surface area contributed by atoms with E-state index in [0.29, 0.717) is 36.0 Å². The summed E-state index contributed by atoms with van der Waals surface area (Å²) in [5.41, 5.74) is 3.40. The predicted molar refractivity (Wildman–Crippen MR) is 111 cm³/mol. The molecule has 146 valence electrons. The SMILES string of the molecule is Cc1nn(Cc2ccccc2)c(C)c1C(=O)N(C)CCOc1ccccc1Cl. The van der Waals surface area contributed by atoms with Crippen LogP contribution in [0.25, 0.3) is 0 Å². The summed E-state index contributed by atoms with van der Waals surface area (Å²) in [6, 6.07) is 17.4. The van der Waals surface area contributed by atoms with Crippen LogP contribution in [0.4, 0.5) is 0 Å². The van der Waals surface area contributed by atoms with Gasteiger partial charge in [0.15, 0.2) is 0 Å². The Bertz CT molecular complexity index is 954. The number of hydrogen-bond acceptors (Lipinski definition) is 3. The van der Waals surface area contributed by atoms with Gasteiger partial charge in [0.1, 0.15) is 12.4 Å². The molecule has 5 nitrogen and oxygen atoms in total. The molecule has 0 radical (unpaired) electrons. The van der Waals surface area contributed by atoms with Crippen molar-refractivity contribution < 1.29 is 9.53 Å². The number of ether oxygens (including phenoxy) is 1. The van der Waals surface area contributed by atoms with Crippen LogP contribution in [0.2, 0.25) is 5.02 Å². The number of aryl methyl sites for hydroxylation is 1. The Balaban J connectivity index is 1.65. The zero-order valence-corrected chi connectivity index (χ0v) is 17.1. The second-order valence-corrected chi connectivity index (χ2v) is 7.10. The fourth-order valence-electron chi connectivity index (χ4n) is 3.06. The topological polar surface area (TPSA) is 47.4 Å². The maximum atomic E-state index is 13.0. The van der Waals surface area contributed by atoms with E-state index in [2.05, 4.69) is 17.2 Å². The summed E-state index contributed by atoms with van der Waals surface area (Å²) in [4.78, 5) is 14.6. The number of aromatic nitrogens is 2. The van der Waals surface area contributed by atoms with Crippen LogP contribution in [-0.2, 0) is 6.54 Å². The lowest BCUT2D eigenvalue weighted by Crippen LogP contribution is -2.31. The Morgan fingerprint density at radius 3 is 2.50 bits per heavy atom. The van der Waals surface area contributed by atoms with Gasteiger partial charge in [-0.15, -0.1) is 0 Å². The summed E-state index contributed by atoms with van der Waals surface area (Å²) in [7, 11) is 1.77. The van der Waals surface area contributed by atoms with E-state index in [1.54, 1.807) is 18.0 Å². The maximum Gasteiger partial charge on any atom is 0.257 e. The molecule has 0 aliphatic carbocycles. The van der Waals surface area contributed by atoms with Crippen molar-refractivity contribution in [3.63, 3.8) is 0 Å². The molecule has 3 aromatic rings. The Hall–Kier alpha value is -2.79. The number of amides is 1. The molecule has 0 unspecified atom stereocenters. The third-order valence-corrected chi connectivity index (χ3v) is 4.95. The predicted octanol–water partition coefficient (Wildman–Crippen LogP) is 4.35. The van der Waals surface area contributed by atoms with Crippen LogP contribution >= 0.6 is 11.6 Å². The van der Waals surface area contributed by atoms with Crippen LogP contribution in [-0.4, -0.2) is 40.8 Å². The molecule has 1 aromatic heterocycles. The molecule has 1 amide bonds. The Morgan fingerprint density at radius 1 is 1.11 bits per heavy atom. The van der Waals surface area contributed by atoms with Crippen LogP contribution in [0.3, 0.4) is 0 Å². The quantitative estimate of drug-likeness (QED) is 0.595. The average molecular weight is 398 g/mol. The first-order valence-corrected chi connectivity index (χ1v) is 9.56. The van der Waals surface area contributed by atoms with Gasteiger partial charge >= 0.3 is 0 Å². The van der Waals surface area contributed by atoms with E-state index in [0.717, 1.165) is 17.0 Å². The summed E-state index contributed by atoms with van der Waals surface area (Å²) in [5.74, 6) is 0.560. The van der Waals surface area contributed by atoms with Gasteiger partial charge in [0, 0.05) is 12.7 Å². The number of carbonyl (C=O) groups is 1. The first-order chi connectivity index (χ1) is 13.5. The van der Waals surface area contributed by atoms with Crippen molar-refractivity contribution >= 4 is 17.5 Å². The highest BCUT2D eigenvalue weighted by Crippen LogP contribution is 2.23. The van der Waals surface area contributed by atoms with Gasteiger partial charge in [-0.3, -0.25) is 9.48 Å². The molecule has 3 rings (SSSR count). The highest BCUT2D eigenvalue weighted by Gasteiger charge is 2.21. The summed E-state index contributed by atoms with van der Waals surface area (Å²) in [5, 5.41) is 5.13. The molecule has 28 heavy (non-hydrogen) atoms. The van der Waals surface area contributed by atoms with Gasteiger partial charge in [-0.25, -0.2) is 0 Å². The molecule has 0 saturated carbocycles. The van der Waals surface area contributed by atoms with Crippen LogP contribution in [0.5, 0.6) is 5.75 Å². The highest BCUT2D eigenvalue weighted by atomic mass is 35.5. The largest absolute Gasteiger partial charge is 0.490 e. The van der Waals surface area contributed by atoms with E-state index in [-0.39, 0.29) is 5.91 Å². The van der Waals surface area contributed by atoms with Crippen molar-refractivity contribution in [2.24, 2.45) is 0 Å². The van der Waals surface area contributed by atoms with Crippen molar-refractivity contribution in [2.45, 2.75) is 20.4 Å². The van der Waals surface area contributed by atoms with Crippen LogP contribution < -0.4 is 4.74 Å². The van der Waals surface area contributed by atoms with Crippen molar-refractivity contribution in [1.82, 2.24) is 14.7 Å². The van der Waals surface area contributed by atoms with Crippen molar-refractivity contribution in [3.8, 4) is 5.75 Å². The fourth-order valence-corrected chi connectivity index (χ4v) is 3.25. The van der Waals surface area contributed by atoms with Gasteiger partial charge in [-0.05, 0) is 31.5 Å². The van der Waals surface area contributed by atoms with Crippen molar-refractivity contribution in [1.29, 1.82) is 0 Å². The van der Waals surface area contributed by atoms with E-state index in [9.17, 15) is 4.79 Å². The van der Waals surface area contributed by atoms with Gasteiger partial charge in [0.25, 0.3) is 5.91 Å². The third-order valence-electron chi connectivity index (χ3n) is 4.64. The van der Waals surface area contributed by atoms with Crippen LogP contribution in [0, 0.1) is 13.8 Å². The molecular formula is C22H24ClN3O2. The molecule has 0 atom stereocenters. The summed E-state index contributed by atoms with van der Waals surface area (Å²) >= 11 is 6.09. The highest BCUT2D eigenvalue weighted by molar-refractivity contribution is 6.32. The van der Waals surface area contributed by atoms with Gasteiger partial charge < -0.3 is 9.64 Å². The minimum absolute atomic E-state index is 0.0583. The number of benzene rings is 2. The summed E-state index contributed by atoms with van der Waals surface area (Å²) in [6.07, 6.45) is 0. The van der Waals surface area contributed by atoms with Crippen molar-refractivity contribution in [3.05, 3.63) is 82.1 Å². The lowest BCUT2D eigenvalue weighted by molar-refractivity contribution is 0.0772. The molecule has 0 N–H and O–H groups in total. The average Bonchev–Trinajstić information content (AvgIpc) is 2.96. The van der Waals surface area contributed by atoms with Crippen LogP contribution in [0.1, 0.15) is 27.3 Å². The normalized spacial score (nSPS) is 10.7. The number of hydrogen-bond donors (Lipinski definition) is 0. The van der Waals surface area contributed by atoms with Gasteiger partial charge in [-0.1, -0.05) is 54.1 Å². The molecule has 1 heterocycles. The summed E-state index contributed by atoms with van der Waals surface area (Å²) < 4.78 is 7.57. The number of carbonyl (C=O) groups excluding carboxylic acids is 1. The number of halogens is 1. The molecule has 2 aromatic carbocycles. The summed E-state index contributed by atoms with van der Waals surface area (Å²) in [6.45, 7) is 5.26. The molecule has 0 aliphatic heterocycles. The molecule has 0 aliphatic rings. The van der Waals surface area contributed by atoms with Gasteiger partial charge in [-0.2, -0.15) is 5.10 Å². The molecule has 6 heteroatoms. The Kier molecular flexibility index (Phi) is 6.37. The molecular weight excluding hydrogens is 374 g/mol. The van der Waals surface area contributed by atoms with Crippen molar-refractivity contribution in [2.75, 3.05) is 20.2 Å². The second kappa shape index (κ2) is 8.93. The Labute approximate surface area is 170 Å². The number of para-hydroxylation sites is 1. The van der Waals surface area contributed by atoms with E-state index < -0.39 is 0 Å². The zero-order valence-electron chi connectivity index (χ0n) is 16.4. The number of likely N-dealkylation sites (N-methyl/N-ethyl adjacent to an activating group) is 1. The molecule has 0 saturated heterocycles. The van der Waals surface area contributed by atoms with E-state index >= 15 is 0 Å². The lowest BCUT2D eigenvalue weighted by atomic mass is 10.1. The van der Waals surface area contributed by atoms with E-state index in [1.807, 2.05) is 54.9 Å². The Morgan fingerprint density at radius 2 is 1.79 bits per heavy atom. The van der Waals surface area contributed by atoms with Gasteiger partial charge in [0.05, 0.1) is 29.4 Å². The number of rotatable bonds is 7.